The topological polar surface area (TPSA) is 142 Å². The molecule has 0 aliphatic heterocycles. The van der Waals surface area contributed by atoms with Gasteiger partial charge in [-0.15, -0.1) is 0 Å². The van der Waals surface area contributed by atoms with E-state index in [1.165, 1.54) is 0 Å². The van der Waals surface area contributed by atoms with Crippen LogP contribution in [0.2, 0.25) is 0 Å². The number of nitrogens with one attached hydrogen (secondary N) is 2. The predicted molar refractivity (Wildman–Crippen MR) is 84.4 cm³/mol. The maximum atomic E-state index is 12.3. The highest BCUT2D eigenvalue weighted by Crippen LogP contribution is 2.09. The smallest absolute Gasteiger partial charge is 0.408 e. The number of rotatable bonds is 8. The number of amides is 2. The number of carbonyl (C=O) groups excluding carboxylic acids is 2. The van der Waals surface area contributed by atoms with Gasteiger partial charge in [0.1, 0.15) is 17.7 Å². The van der Waals surface area contributed by atoms with Gasteiger partial charge in [-0.3, -0.25) is 9.59 Å². The molecule has 0 bridgehead atoms. The highest BCUT2D eigenvalue weighted by molar-refractivity contribution is 5.89. The van der Waals surface area contributed by atoms with Crippen LogP contribution in [0.25, 0.3) is 0 Å². The van der Waals surface area contributed by atoms with Gasteiger partial charge in [0.15, 0.2) is 0 Å². The number of alkyl carbamates (subject to hydrolysis) is 1. The summed E-state index contributed by atoms with van der Waals surface area (Å²) in [5, 5.41) is 22.3. The van der Waals surface area contributed by atoms with Crippen LogP contribution in [0.4, 0.5) is 4.79 Å². The molecule has 0 aromatic rings. The summed E-state index contributed by atoms with van der Waals surface area (Å²) < 4.78 is 5.08. The van der Waals surface area contributed by atoms with Gasteiger partial charge in [0.25, 0.3) is 0 Å². The standard InChI is InChI=1S/C15H26N2O7/c1-8(2)11(17-14(23)24-15(3,4)5)12(20)16-9(13(21)22)6-7-10(18)19/h8-9,11H,6-7H2,1-5H3,(H,16,20)(H,17,23)(H,18,19)(H,21,22)/t9-,11+/m0/s1. The molecule has 0 unspecified atom stereocenters. The minimum Gasteiger partial charge on any atom is -0.481 e. The van der Waals surface area contributed by atoms with Crippen molar-refractivity contribution in [1.29, 1.82) is 0 Å². The predicted octanol–water partition coefficient (Wildman–Crippen LogP) is 0.970. The normalized spacial score (nSPS) is 13.8. The molecule has 9 heteroatoms. The molecule has 4 N–H and O–H groups in total. The molecule has 2 atom stereocenters. The van der Waals surface area contributed by atoms with Crippen molar-refractivity contribution in [2.24, 2.45) is 5.92 Å². The van der Waals surface area contributed by atoms with E-state index in [1.54, 1.807) is 34.6 Å². The first-order valence-corrected chi connectivity index (χ1v) is 7.58. The summed E-state index contributed by atoms with van der Waals surface area (Å²) in [7, 11) is 0. The summed E-state index contributed by atoms with van der Waals surface area (Å²) in [5.74, 6) is -3.55. The Balaban J connectivity index is 4.91. The fraction of sp³-hybridized carbons (Fsp3) is 0.733. The lowest BCUT2D eigenvalue weighted by Gasteiger charge is -2.26. The zero-order valence-electron chi connectivity index (χ0n) is 14.6. The molecule has 0 radical (unpaired) electrons. The lowest BCUT2D eigenvalue weighted by molar-refractivity contribution is -0.143. The number of carboxylic acids is 2. The minimum absolute atomic E-state index is 0.256. The Labute approximate surface area is 140 Å². The highest BCUT2D eigenvalue weighted by atomic mass is 16.6. The molecule has 0 saturated heterocycles. The Morgan fingerprint density at radius 2 is 1.58 bits per heavy atom. The summed E-state index contributed by atoms with van der Waals surface area (Å²) in [6, 6.07) is -2.36. The van der Waals surface area contributed by atoms with E-state index in [2.05, 4.69) is 10.6 Å². The third kappa shape index (κ3) is 8.96. The third-order valence-electron chi connectivity index (χ3n) is 2.88. The fourth-order valence-corrected chi connectivity index (χ4v) is 1.76. The molecule has 0 aromatic carbocycles. The SMILES string of the molecule is CC(C)[C@@H](NC(=O)OC(C)(C)C)C(=O)N[C@@H](CCC(=O)O)C(=O)O. The largest absolute Gasteiger partial charge is 0.481 e. The van der Waals surface area contributed by atoms with Crippen LogP contribution in [0.5, 0.6) is 0 Å². The van der Waals surface area contributed by atoms with Crippen LogP contribution in [-0.4, -0.2) is 51.8 Å². The number of carbonyl (C=O) groups is 4. The van der Waals surface area contributed by atoms with Gasteiger partial charge in [0.2, 0.25) is 5.91 Å². The molecule has 0 rings (SSSR count). The Hall–Kier alpha value is -2.32. The molecule has 0 fully saturated rings. The molecule has 9 nitrogen and oxygen atoms in total. The molecular weight excluding hydrogens is 320 g/mol. The first-order chi connectivity index (χ1) is 10.8. The van der Waals surface area contributed by atoms with Crippen molar-refractivity contribution < 1.29 is 34.1 Å². The van der Waals surface area contributed by atoms with E-state index in [0.29, 0.717) is 0 Å². The summed E-state index contributed by atoms with van der Waals surface area (Å²) in [5.41, 5.74) is -0.743. The molecule has 2 amide bonds. The van der Waals surface area contributed by atoms with Crippen molar-refractivity contribution in [1.82, 2.24) is 10.6 Å². The Bertz CT molecular complexity index is 483. The van der Waals surface area contributed by atoms with Crippen LogP contribution in [0.1, 0.15) is 47.5 Å². The van der Waals surface area contributed by atoms with Crippen molar-refractivity contribution >= 4 is 23.9 Å². The van der Waals surface area contributed by atoms with E-state index < -0.39 is 48.0 Å². The van der Waals surface area contributed by atoms with Crippen molar-refractivity contribution in [3.8, 4) is 0 Å². The van der Waals surface area contributed by atoms with Gasteiger partial charge in [-0.05, 0) is 33.1 Å². The number of ether oxygens (including phenoxy) is 1. The van der Waals surface area contributed by atoms with Crippen LogP contribution in [-0.2, 0) is 19.1 Å². The van der Waals surface area contributed by atoms with Crippen molar-refractivity contribution in [2.75, 3.05) is 0 Å². The fourth-order valence-electron chi connectivity index (χ4n) is 1.76. The molecule has 138 valence electrons. The number of hydrogen-bond donors (Lipinski definition) is 4. The highest BCUT2D eigenvalue weighted by Gasteiger charge is 2.30. The number of carboxylic acid groups (broad SMARTS) is 2. The van der Waals surface area contributed by atoms with Gasteiger partial charge in [0.05, 0.1) is 0 Å². The van der Waals surface area contributed by atoms with Crippen LogP contribution in [0.15, 0.2) is 0 Å². The molecule has 0 heterocycles. The lowest BCUT2D eigenvalue weighted by Crippen LogP contribution is -2.54. The zero-order valence-corrected chi connectivity index (χ0v) is 14.6. The lowest BCUT2D eigenvalue weighted by atomic mass is 10.0. The summed E-state index contributed by atoms with van der Waals surface area (Å²) >= 11 is 0. The summed E-state index contributed by atoms with van der Waals surface area (Å²) in [6.45, 7) is 8.36. The molecule has 0 aromatic heterocycles. The third-order valence-corrected chi connectivity index (χ3v) is 2.88. The zero-order chi connectivity index (χ0) is 19.1. The van der Waals surface area contributed by atoms with Gasteiger partial charge in [-0.2, -0.15) is 0 Å². The Morgan fingerprint density at radius 3 is 1.96 bits per heavy atom. The summed E-state index contributed by atoms with van der Waals surface area (Å²) in [6.07, 6.45) is -1.45. The van der Waals surface area contributed by atoms with Crippen LogP contribution in [0.3, 0.4) is 0 Å². The van der Waals surface area contributed by atoms with Gasteiger partial charge in [-0.25, -0.2) is 9.59 Å². The van der Waals surface area contributed by atoms with Gasteiger partial charge in [0, 0.05) is 6.42 Å². The summed E-state index contributed by atoms with van der Waals surface area (Å²) in [4.78, 5) is 45.7. The monoisotopic (exact) mass is 346 g/mol. The first kappa shape index (κ1) is 21.7. The van der Waals surface area contributed by atoms with E-state index in [9.17, 15) is 19.2 Å². The second-order valence-corrected chi connectivity index (χ2v) is 6.70. The van der Waals surface area contributed by atoms with Crippen molar-refractivity contribution in [2.45, 2.75) is 65.1 Å². The van der Waals surface area contributed by atoms with Gasteiger partial charge >= 0.3 is 18.0 Å². The maximum Gasteiger partial charge on any atom is 0.408 e. The second-order valence-electron chi connectivity index (χ2n) is 6.70. The molecule has 0 spiro atoms. The van der Waals surface area contributed by atoms with Gasteiger partial charge in [-0.1, -0.05) is 13.8 Å². The van der Waals surface area contributed by atoms with Crippen molar-refractivity contribution in [3.05, 3.63) is 0 Å². The van der Waals surface area contributed by atoms with E-state index in [4.69, 9.17) is 14.9 Å². The average Bonchev–Trinajstić information content (AvgIpc) is 2.37. The molecule has 24 heavy (non-hydrogen) atoms. The van der Waals surface area contributed by atoms with E-state index >= 15 is 0 Å². The molecular formula is C15H26N2O7. The van der Waals surface area contributed by atoms with Crippen LogP contribution >= 0.6 is 0 Å². The second kappa shape index (κ2) is 9.09. The molecule has 0 aliphatic rings. The van der Waals surface area contributed by atoms with E-state index in [1.807, 2.05) is 0 Å². The number of aliphatic carboxylic acids is 2. The van der Waals surface area contributed by atoms with Crippen LogP contribution in [0, 0.1) is 5.92 Å². The average molecular weight is 346 g/mol. The van der Waals surface area contributed by atoms with Crippen molar-refractivity contribution in [3.63, 3.8) is 0 Å². The minimum atomic E-state index is -1.35. The quantitative estimate of drug-likeness (QED) is 0.513. The maximum absolute atomic E-state index is 12.3. The number of hydrogen-bond acceptors (Lipinski definition) is 5. The molecule has 0 aliphatic carbocycles. The first-order valence-electron chi connectivity index (χ1n) is 7.58. The molecule has 0 saturated carbocycles. The van der Waals surface area contributed by atoms with E-state index in [0.717, 1.165) is 0 Å². The van der Waals surface area contributed by atoms with Gasteiger partial charge < -0.3 is 25.6 Å². The van der Waals surface area contributed by atoms with Crippen LogP contribution < -0.4 is 10.6 Å². The Morgan fingerprint density at radius 1 is 1.04 bits per heavy atom. The van der Waals surface area contributed by atoms with E-state index in [-0.39, 0.29) is 12.3 Å². The Kier molecular flexibility index (Phi) is 8.21.